The first-order valence-electron chi connectivity index (χ1n) is 5.86. The maximum absolute atomic E-state index is 13.1. The van der Waals surface area contributed by atoms with Crippen LogP contribution in [0.25, 0.3) is 0 Å². The molecule has 0 spiro atoms. The second-order valence-electron chi connectivity index (χ2n) is 4.32. The van der Waals surface area contributed by atoms with E-state index in [4.69, 9.17) is 5.11 Å². The molecular weight excluding hydrogens is 413 g/mol. The van der Waals surface area contributed by atoms with Gasteiger partial charge in [-0.3, -0.25) is 0 Å². The van der Waals surface area contributed by atoms with Gasteiger partial charge in [0, 0.05) is 12.5 Å². The van der Waals surface area contributed by atoms with Crippen LogP contribution in [0.2, 0.25) is 0 Å². The van der Waals surface area contributed by atoms with Crippen LogP contribution < -0.4 is 0 Å². The third kappa shape index (κ3) is 4.61. The molecular formula is C10H8F7O8S-. The standard InChI is InChI=1S/C10H9F7O8S/c1-2-5(18)25-8(6(19)20,9(13,14)15)24-4-3-7(11,12)10(16,17)26(21,22)23/h2H,1,3-4H2,(H,19,20)(H,21,22,23)/p-1. The highest BCUT2D eigenvalue weighted by molar-refractivity contribution is 7.86. The monoisotopic (exact) mass is 421 g/mol. The predicted octanol–water partition coefficient (Wildman–Crippen LogP) is 1.24. The number of aliphatic carboxylic acids is 1. The molecule has 16 heteroatoms. The third-order valence-electron chi connectivity index (χ3n) is 2.53. The molecule has 0 aliphatic carbocycles. The highest BCUT2D eigenvalue weighted by atomic mass is 32.2. The molecule has 152 valence electrons. The average molecular weight is 421 g/mol. The van der Waals surface area contributed by atoms with Crippen molar-refractivity contribution in [2.75, 3.05) is 6.61 Å². The van der Waals surface area contributed by atoms with Crippen molar-refractivity contribution < 1.29 is 67.9 Å². The molecule has 0 radical (unpaired) electrons. The molecule has 0 aliphatic rings. The summed E-state index contributed by atoms with van der Waals surface area (Å²) >= 11 is 0. The van der Waals surface area contributed by atoms with Crippen LogP contribution in [0.15, 0.2) is 12.7 Å². The van der Waals surface area contributed by atoms with E-state index in [1.54, 1.807) is 0 Å². The van der Waals surface area contributed by atoms with Crippen molar-refractivity contribution in [1.29, 1.82) is 0 Å². The minimum atomic E-state index is -6.92. The number of esters is 1. The average Bonchev–Trinajstić information content (AvgIpc) is 2.42. The summed E-state index contributed by atoms with van der Waals surface area (Å²) in [5.41, 5.74) is 0. The predicted molar refractivity (Wildman–Crippen MR) is 62.9 cm³/mol. The van der Waals surface area contributed by atoms with Crippen LogP contribution in [-0.4, -0.2) is 59.8 Å². The van der Waals surface area contributed by atoms with Gasteiger partial charge in [-0.05, 0) is 0 Å². The molecule has 0 aliphatic heterocycles. The lowest BCUT2D eigenvalue weighted by Gasteiger charge is -2.32. The van der Waals surface area contributed by atoms with Gasteiger partial charge in [0.05, 0.1) is 6.61 Å². The van der Waals surface area contributed by atoms with Crippen LogP contribution in [0.1, 0.15) is 6.42 Å². The first kappa shape index (κ1) is 24.1. The number of rotatable bonds is 9. The van der Waals surface area contributed by atoms with Crippen LogP contribution >= 0.6 is 0 Å². The number of carbonyl (C=O) groups excluding carboxylic acids is 1. The molecule has 0 bridgehead atoms. The van der Waals surface area contributed by atoms with Crippen molar-refractivity contribution in [2.45, 2.75) is 29.6 Å². The highest BCUT2D eigenvalue weighted by Gasteiger charge is 2.68. The minimum Gasteiger partial charge on any atom is -0.743 e. The molecule has 1 atom stereocenters. The van der Waals surface area contributed by atoms with E-state index in [1.165, 1.54) is 0 Å². The molecule has 0 saturated carbocycles. The first-order chi connectivity index (χ1) is 11.4. The number of hydrogen-bond donors (Lipinski definition) is 1. The lowest BCUT2D eigenvalue weighted by molar-refractivity contribution is -0.355. The zero-order chi connectivity index (χ0) is 21.2. The molecule has 0 fully saturated rings. The molecule has 8 nitrogen and oxygen atoms in total. The number of hydrogen-bond acceptors (Lipinski definition) is 7. The normalized spacial score (nSPS) is 15.8. The smallest absolute Gasteiger partial charge is 0.468 e. The number of halogens is 7. The zero-order valence-corrected chi connectivity index (χ0v) is 12.9. The van der Waals surface area contributed by atoms with E-state index in [0.29, 0.717) is 0 Å². The Morgan fingerprint density at radius 2 is 1.58 bits per heavy atom. The summed E-state index contributed by atoms with van der Waals surface area (Å²) in [4.78, 5) is 21.7. The van der Waals surface area contributed by atoms with E-state index in [1.807, 2.05) is 0 Å². The highest BCUT2D eigenvalue weighted by Crippen LogP contribution is 2.42. The van der Waals surface area contributed by atoms with Gasteiger partial charge >= 0.3 is 35.1 Å². The van der Waals surface area contributed by atoms with E-state index < -0.39 is 58.2 Å². The van der Waals surface area contributed by atoms with Crippen LogP contribution in [0.3, 0.4) is 0 Å². The number of carbonyl (C=O) groups is 2. The number of carboxylic acids is 1. The van der Waals surface area contributed by atoms with Gasteiger partial charge in [0.1, 0.15) is 0 Å². The third-order valence-corrected chi connectivity index (χ3v) is 3.45. The van der Waals surface area contributed by atoms with Gasteiger partial charge in [0.15, 0.2) is 10.1 Å². The van der Waals surface area contributed by atoms with Gasteiger partial charge in [0.25, 0.3) is 0 Å². The maximum Gasteiger partial charge on any atom is 0.468 e. The van der Waals surface area contributed by atoms with Crippen LogP contribution in [-0.2, 0) is 29.2 Å². The van der Waals surface area contributed by atoms with Gasteiger partial charge < -0.3 is 19.1 Å². The summed E-state index contributed by atoms with van der Waals surface area (Å²) in [5.74, 6) is -15.7. The SMILES string of the molecule is C=CC(=O)OC(OCCC(F)(F)C(F)(F)S(=O)(=O)[O-])(C(=O)O)C(F)(F)F. The molecule has 0 aromatic carbocycles. The lowest BCUT2D eigenvalue weighted by Crippen LogP contribution is -2.58. The van der Waals surface area contributed by atoms with Gasteiger partial charge in [-0.15, -0.1) is 0 Å². The van der Waals surface area contributed by atoms with Gasteiger partial charge in [-0.1, -0.05) is 6.58 Å². The number of carboxylic acid groups (broad SMARTS) is 1. The zero-order valence-electron chi connectivity index (χ0n) is 12.1. The van der Waals surface area contributed by atoms with E-state index >= 15 is 0 Å². The molecule has 0 amide bonds. The summed E-state index contributed by atoms with van der Waals surface area (Å²) in [6, 6.07) is 0. The largest absolute Gasteiger partial charge is 0.743 e. The Morgan fingerprint density at radius 1 is 1.12 bits per heavy atom. The Labute approximate surface area is 139 Å². The molecule has 0 saturated heterocycles. The Hall–Kier alpha value is -1.94. The van der Waals surface area contributed by atoms with Crippen LogP contribution in [0, 0.1) is 0 Å². The van der Waals surface area contributed by atoms with E-state index in [2.05, 4.69) is 16.1 Å². The fraction of sp³-hybridized carbons (Fsp3) is 0.600. The van der Waals surface area contributed by atoms with Crippen LogP contribution in [0.5, 0.6) is 0 Å². The van der Waals surface area contributed by atoms with Crippen molar-refractivity contribution in [2.24, 2.45) is 0 Å². The van der Waals surface area contributed by atoms with E-state index in [9.17, 15) is 53.3 Å². The Bertz CT molecular complexity index is 671. The molecule has 1 unspecified atom stereocenters. The van der Waals surface area contributed by atoms with Gasteiger partial charge in [-0.2, -0.15) is 30.7 Å². The first-order valence-corrected chi connectivity index (χ1v) is 7.27. The molecule has 0 aromatic heterocycles. The molecule has 0 heterocycles. The van der Waals surface area contributed by atoms with Crippen molar-refractivity contribution >= 4 is 22.1 Å². The van der Waals surface area contributed by atoms with Crippen LogP contribution in [0.4, 0.5) is 30.7 Å². The van der Waals surface area contributed by atoms with Crippen molar-refractivity contribution in [1.82, 2.24) is 0 Å². The Morgan fingerprint density at radius 3 is 1.88 bits per heavy atom. The fourth-order valence-electron chi connectivity index (χ4n) is 1.23. The lowest BCUT2D eigenvalue weighted by atomic mass is 10.2. The molecule has 26 heavy (non-hydrogen) atoms. The van der Waals surface area contributed by atoms with E-state index in [0.717, 1.165) is 0 Å². The summed E-state index contributed by atoms with van der Waals surface area (Å²) in [6.07, 6.45) is -8.56. The second kappa shape index (κ2) is 7.36. The van der Waals surface area contributed by atoms with E-state index in [-0.39, 0.29) is 6.08 Å². The second-order valence-corrected chi connectivity index (χ2v) is 5.74. The summed E-state index contributed by atoms with van der Waals surface area (Å²) in [5, 5.41) is 2.35. The fourth-order valence-corrected chi connectivity index (χ4v) is 1.70. The maximum atomic E-state index is 13.1. The summed E-state index contributed by atoms with van der Waals surface area (Å²) < 4.78 is 128. The summed E-state index contributed by atoms with van der Waals surface area (Å²) in [6.45, 7) is 0.454. The van der Waals surface area contributed by atoms with Gasteiger partial charge in [0.2, 0.25) is 0 Å². The topological polar surface area (TPSA) is 130 Å². The quantitative estimate of drug-likeness (QED) is 0.194. The molecule has 0 rings (SSSR count). The number of ether oxygens (including phenoxy) is 2. The number of alkyl halides is 7. The molecule has 1 N–H and O–H groups in total. The van der Waals surface area contributed by atoms with Crippen molar-refractivity contribution in [3.8, 4) is 0 Å². The Kier molecular flexibility index (Phi) is 6.81. The van der Waals surface area contributed by atoms with Gasteiger partial charge in [-0.25, -0.2) is 18.0 Å². The minimum absolute atomic E-state index is 0.0551. The molecule has 0 aromatic rings. The Balaban J connectivity index is 5.63. The van der Waals surface area contributed by atoms with Crippen molar-refractivity contribution in [3.63, 3.8) is 0 Å². The van der Waals surface area contributed by atoms with Crippen molar-refractivity contribution in [3.05, 3.63) is 12.7 Å². The summed E-state index contributed by atoms with van der Waals surface area (Å²) in [7, 11) is -6.92.